The van der Waals surface area contributed by atoms with Crippen LogP contribution in [-0.4, -0.2) is 28.2 Å². The molecule has 2 heterocycles. The third kappa shape index (κ3) is 3.29. The highest BCUT2D eigenvalue weighted by Crippen LogP contribution is 2.30. The van der Waals surface area contributed by atoms with Gasteiger partial charge in [-0.05, 0) is 36.0 Å². The SMILES string of the molecule is COc1cccc(N=C2NC(=O)S/C2=C\c2cccc3nccnc23)c1. The number of nitrogens with zero attached hydrogens (tertiary/aromatic N) is 3. The Labute approximate surface area is 154 Å². The minimum Gasteiger partial charge on any atom is -0.497 e. The topological polar surface area (TPSA) is 76.5 Å². The lowest BCUT2D eigenvalue weighted by Gasteiger charge is -2.03. The number of hydrogen-bond donors (Lipinski definition) is 1. The van der Waals surface area contributed by atoms with E-state index in [4.69, 9.17) is 4.74 Å². The Balaban J connectivity index is 1.77. The van der Waals surface area contributed by atoms with Crippen LogP contribution in [-0.2, 0) is 0 Å². The number of amides is 1. The van der Waals surface area contributed by atoms with Gasteiger partial charge in [-0.25, -0.2) is 4.99 Å². The van der Waals surface area contributed by atoms with Crippen LogP contribution in [0.4, 0.5) is 10.5 Å². The first-order valence-electron chi connectivity index (χ1n) is 7.86. The summed E-state index contributed by atoms with van der Waals surface area (Å²) in [5, 5.41) is 2.62. The molecular formula is C19H14N4O2S. The van der Waals surface area contributed by atoms with Gasteiger partial charge in [0.2, 0.25) is 0 Å². The van der Waals surface area contributed by atoms with Gasteiger partial charge >= 0.3 is 0 Å². The van der Waals surface area contributed by atoms with Crippen molar-refractivity contribution < 1.29 is 9.53 Å². The van der Waals surface area contributed by atoms with Crippen molar-refractivity contribution in [3.8, 4) is 5.75 Å². The second kappa shape index (κ2) is 6.97. The van der Waals surface area contributed by atoms with Gasteiger partial charge in [0.05, 0.1) is 28.7 Å². The summed E-state index contributed by atoms with van der Waals surface area (Å²) in [4.78, 5) is 25.9. The summed E-state index contributed by atoms with van der Waals surface area (Å²) in [6, 6.07) is 13.1. The fourth-order valence-corrected chi connectivity index (χ4v) is 3.32. The third-order valence-corrected chi connectivity index (χ3v) is 4.59. The van der Waals surface area contributed by atoms with Gasteiger partial charge < -0.3 is 10.1 Å². The number of para-hydroxylation sites is 1. The van der Waals surface area contributed by atoms with Crippen LogP contribution >= 0.6 is 11.8 Å². The van der Waals surface area contributed by atoms with Crippen LogP contribution in [0.2, 0.25) is 0 Å². The van der Waals surface area contributed by atoms with Gasteiger partial charge in [0.25, 0.3) is 5.24 Å². The molecule has 7 heteroatoms. The van der Waals surface area contributed by atoms with Crippen molar-refractivity contribution in [1.29, 1.82) is 0 Å². The molecule has 1 aromatic heterocycles. The number of fused-ring (bicyclic) bond motifs is 1. The number of hydrogen-bond acceptors (Lipinski definition) is 6. The van der Waals surface area contributed by atoms with Crippen molar-refractivity contribution in [3.63, 3.8) is 0 Å². The average Bonchev–Trinajstić information content (AvgIpc) is 3.01. The molecule has 0 bridgehead atoms. The predicted molar refractivity (Wildman–Crippen MR) is 104 cm³/mol. The molecule has 1 N–H and O–H groups in total. The second-order valence-electron chi connectivity index (χ2n) is 5.46. The molecule has 0 atom stereocenters. The van der Waals surface area contributed by atoms with Crippen LogP contribution in [0.25, 0.3) is 17.1 Å². The standard InChI is InChI=1S/C19H14N4O2S/c1-25-14-6-3-5-13(11-14)22-18-16(26-19(24)23-18)10-12-4-2-7-15-17(12)21-9-8-20-15/h2-11H,1H3,(H,22,23,24)/b16-10-. The first kappa shape index (κ1) is 16.3. The minimum atomic E-state index is -0.163. The van der Waals surface area contributed by atoms with E-state index in [2.05, 4.69) is 20.3 Å². The summed E-state index contributed by atoms with van der Waals surface area (Å²) in [7, 11) is 1.60. The zero-order valence-corrected chi connectivity index (χ0v) is 14.7. The van der Waals surface area contributed by atoms with Gasteiger partial charge in [-0.2, -0.15) is 0 Å². The Morgan fingerprint density at radius 1 is 1.15 bits per heavy atom. The summed E-state index contributed by atoms with van der Waals surface area (Å²) in [6.07, 6.45) is 5.21. The van der Waals surface area contributed by atoms with Crippen molar-refractivity contribution in [2.75, 3.05) is 7.11 Å². The lowest BCUT2D eigenvalue weighted by atomic mass is 10.1. The molecule has 0 unspecified atom stereocenters. The van der Waals surface area contributed by atoms with Gasteiger partial charge in [0, 0.05) is 24.0 Å². The second-order valence-corrected chi connectivity index (χ2v) is 6.47. The smallest absolute Gasteiger partial charge is 0.289 e. The fourth-order valence-electron chi connectivity index (χ4n) is 2.59. The molecule has 6 nitrogen and oxygen atoms in total. The van der Waals surface area contributed by atoms with E-state index in [1.165, 1.54) is 0 Å². The quantitative estimate of drug-likeness (QED) is 0.757. The van der Waals surface area contributed by atoms with E-state index in [-0.39, 0.29) is 5.24 Å². The molecule has 1 aliphatic rings. The molecule has 0 radical (unpaired) electrons. The Bertz CT molecular complexity index is 1060. The van der Waals surface area contributed by atoms with E-state index >= 15 is 0 Å². The summed E-state index contributed by atoms with van der Waals surface area (Å²) in [6.45, 7) is 0. The van der Waals surface area contributed by atoms with Gasteiger partial charge in [0.1, 0.15) is 11.6 Å². The summed E-state index contributed by atoms with van der Waals surface area (Å²) < 4.78 is 5.22. The van der Waals surface area contributed by atoms with Gasteiger partial charge in [-0.1, -0.05) is 18.2 Å². The Hall–Kier alpha value is -3.19. The van der Waals surface area contributed by atoms with Crippen molar-refractivity contribution in [2.45, 2.75) is 0 Å². The van der Waals surface area contributed by atoms with Gasteiger partial charge in [0.15, 0.2) is 0 Å². The molecule has 3 aromatic rings. The molecule has 1 aliphatic heterocycles. The molecule has 0 saturated carbocycles. The highest BCUT2D eigenvalue weighted by Gasteiger charge is 2.24. The first-order chi connectivity index (χ1) is 12.7. The maximum Gasteiger partial charge on any atom is 0.289 e. The van der Waals surface area contributed by atoms with Crippen molar-refractivity contribution in [3.05, 3.63) is 65.3 Å². The maximum absolute atomic E-state index is 11.9. The number of benzene rings is 2. The molecule has 1 saturated heterocycles. The number of ether oxygens (including phenoxy) is 1. The van der Waals surface area contributed by atoms with Gasteiger partial charge in [-0.3, -0.25) is 14.8 Å². The largest absolute Gasteiger partial charge is 0.497 e. The zero-order chi connectivity index (χ0) is 17.9. The average molecular weight is 362 g/mol. The number of carbonyl (C=O) groups excluding carboxylic acids is 1. The molecule has 0 spiro atoms. The van der Waals surface area contributed by atoms with Crippen LogP contribution < -0.4 is 10.1 Å². The Morgan fingerprint density at radius 2 is 2.00 bits per heavy atom. The lowest BCUT2D eigenvalue weighted by molar-refractivity contribution is 0.265. The summed E-state index contributed by atoms with van der Waals surface area (Å²) in [5.74, 6) is 1.22. The number of nitrogens with one attached hydrogen (secondary N) is 1. The zero-order valence-electron chi connectivity index (χ0n) is 13.8. The number of thioether (sulfide) groups is 1. The highest BCUT2D eigenvalue weighted by molar-refractivity contribution is 8.18. The normalized spacial score (nSPS) is 17.0. The summed E-state index contributed by atoms with van der Waals surface area (Å²) >= 11 is 1.11. The molecule has 4 rings (SSSR count). The van der Waals surface area contributed by atoms with E-state index in [1.807, 2.05) is 48.5 Å². The molecule has 128 valence electrons. The van der Waals surface area contributed by atoms with Crippen molar-refractivity contribution in [1.82, 2.24) is 15.3 Å². The minimum absolute atomic E-state index is 0.163. The molecule has 1 amide bonds. The molecule has 2 aromatic carbocycles. The van der Waals surface area contributed by atoms with Crippen LogP contribution in [0.15, 0.2) is 64.8 Å². The van der Waals surface area contributed by atoms with E-state index in [1.54, 1.807) is 19.5 Å². The number of rotatable bonds is 3. The third-order valence-electron chi connectivity index (χ3n) is 3.77. The molecular weight excluding hydrogens is 348 g/mol. The Kier molecular flexibility index (Phi) is 4.37. The number of aromatic nitrogens is 2. The van der Waals surface area contributed by atoms with Crippen molar-refractivity contribution in [2.24, 2.45) is 4.99 Å². The van der Waals surface area contributed by atoms with Crippen LogP contribution in [0.5, 0.6) is 5.75 Å². The first-order valence-corrected chi connectivity index (χ1v) is 8.68. The number of methoxy groups -OCH3 is 1. The predicted octanol–water partition coefficient (Wildman–Crippen LogP) is 4.17. The molecule has 0 aliphatic carbocycles. The monoisotopic (exact) mass is 362 g/mol. The van der Waals surface area contributed by atoms with E-state index in [0.717, 1.165) is 33.3 Å². The van der Waals surface area contributed by atoms with Crippen LogP contribution in [0, 0.1) is 0 Å². The van der Waals surface area contributed by atoms with Crippen molar-refractivity contribution >= 4 is 45.6 Å². The fraction of sp³-hybridized carbons (Fsp3) is 0.0526. The number of carbonyl (C=O) groups is 1. The number of aliphatic imine (C=N–C) groups is 1. The number of amidine groups is 1. The van der Waals surface area contributed by atoms with Gasteiger partial charge in [-0.15, -0.1) is 0 Å². The summed E-state index contributed by atoms with van der Waals surface area (Å²) in [5.41, 5.74) is 3.16. The maximum atomic E-state index is 11.9. The van der Waals surface area contributed by atoms with Crippen LogP contribution in [0.3, 0.4) is 0 Å². The Morgan fingerprint density at radius 3 is 2.88 bits per heavy atom. The lowest BCUT2D eigenvalue weighted by Crippen LogP contribution is -2.18. The van der Waals surface area contributed by atoms with E-state index in [9.17, 15) is 4.79 Å². The molecule has 1 fully saturated rings. The van der Waals surface area contributed by atoms with E-state index < -0.39 is 0 Å². The van der Waals surface area contributed by atoms with Crippen LogP contribution in [0.1, 0.15) is 5.56 Å². The van der Waals surface area contributed by atoms with E-state index in [0.29, 0.717) is 17.3 Å². The molecule has 26 heavy (non-hydrogen) atoms. The highest BCUT2D eigenvalue weighted by atomic mass is 32.2.